The molecule has 4 aliphatic carbocycles. The molecule has 5 rings (SSSR count). The molecule has 1 unspecified atom stereocenters. The van der Waals surface area contributed by atoms with Crippen LogP contribution in [0.15, 0.2) is 36.0 Å². The van der Waals surface area contributed by atoms with Crippen molar-refractivity contribution in [3.63, 3.8) is 0 Å². The van der Waals surface area contributed by atoms with Crippen LogP contribution in [-0.2, 0) is 14.2 Å². The molecule has 63 heavy (non-hydrogen) atoms. The number of allylic oxidation sites excluding steroid dienone is 5. The lowest BCUT2D eigenvalue weighted by Crippen LogP contribution is -2.51. The molecule has 0 radical (unpaired) electrons. The molecule has 9 atom stereocenters. The SMILES string of the molecule is CCCCC/C=C\C/C=C\CCCCCCCCOCC(CN1CCC(C)(C)C1)OCCCCCO[C@H]1CC[C@@]2(C)C(=CC[C@H]3[C@@H]4CC[C@H]([C@H](C)CCCC(C)C)[C@@]4(C)CC[C@@H]32)C1. The summed E-state index contributed by atoms with van der Waals surface area (Å²) >= 11 is 0. The van der Waals surface area contributed by atoms with Gasteiger partial charge in [-0.25, -0.2) is 0 Å². The third kappa shape index (κ3) is 17.0. The molecule has 0 bridgehead atoms. The van der Waals surface area contributed by atoms with Crippen LogP contribution in [0.5, 0.6) is 0 Å². The number of fused-ring (bicyclic) bond motifs is 5. The van der Waals surface area contributed by atoms with Crippen LogP contribution in [0, 0.1) is 51.8 Å². The Bertz CT molecular complexity index is 1330. The summed E-state index contributed by atoms with van der Waals surface area (Å²) in [4.78, 5) is 2.62. The Balaban J connectivity index is 0.923. The summed E-state index contributed by atoms with van der Waals surface area (Å²) in [7, 11) is 0. The van der Waals surface area contributed by atoms with E-state index in [4.69, 9.17) is 14.2 Å². The highest BCUT2D eigenvalue weighted by molar-refractivity contribution is 5.25. The van der Waals surface area contributed by atoms with Crippen molar-refractivity contribution in [3.05, 3.63) is 36.0 Å². The summed E-state index contributed by atoms with van der Waals surface area (Å²) in [6.45, 7) is 26.6. The van der Waals surface area contributed by atoms with Crippen LogP contribution in [0.2, 0.25) is 0 Å². The number of hydrogen-bond donors (Lipinski definition) is 0. The zero-order valence-electron chi connectivity index (χ0n) is 43.2. The Hall–Kier alpha value is -0.940. The number of rotatable bonds is 32. The molecule has 4 fully saturated rings. The molecule has 1 saturated heterocycles. The lowest BCUT2D eigenvalue weighted by Gasteiger charge is -2.58. The maximum atomic E-state index is 6.65. The van der Waals surface area contributed by atoms with Gasteiger partial charge in [-0.3, -0.25) is 0 Å². The largest absolute Gasteiger partial charge is 0.379 e. The van der Waals surface area contributed by atoms with Gasteiger partial charge in [0, 0.05) is 32.9 Å². The van der Waals surface area contributed by atoms with E-state index >= 15 is 0 Å². The van der Waals surface area contributed by atoms with Crippen molar-refractivity contribution in [3.8, 4) is 0 Å². The highest BCUT2D eigenvalue weighted by Crippen LogP contribution is 2.67. The van der Waals surface area contributed by atoms with E-state index in [-0.39, 0.29) is 6.10 Å². The summed E-state index contributed by atoms with van der Waals surface area (Å²) in [5.41, 5.74) is 3.18. The van der Waals surface area contributed by atoms with E-state index in [0.717, 1.165) is 87.7 Å². The van der Waals surface area contributed by atoms with E-state index in [0.29, 0.717) is 22.3 Å². The summed E-state index contributed by atoms with van der Waals surface area (Å²) in [5.74, 6) is 5.45. The molecule has 0 N–H and O–H groups in total. The third-order valence-corrected chi connectivity index (χ3v) is 17.8. The van der Waals surface area contributed by atoms with Crippen LogP contribution in [0.25, 0.3) is 0 Å². The molecule has 0 aromatic carbocycles. The van der Waals surface area contributed by atoms with Gasteiger partial charge in [0.1, 0.15) is 0 Å². The molecule has 0 spiro atoms. The summed E-state index contributed by atoms with van der Waals surface area (Å²) in [6.07, 6.45) is 48.2. The number of hydrogen-bond acceptors (Lipinski definition) is 4. The minimum atomic E-state index is 0.177. The van der Waals surface area contributed by atoms with Gasteiger partial charge in [-0.15, -0.1) is 0 Å². The van der Waals surface area contributed by atoms with Gasteiger partial charge in [-0.2, -0.15) is 0 Å². The van der Waals surface area contributed by atoms with Gasteiger partial charge in [0.2, 0.25) is 0 Å². The average Bonchev–Trinajstić information content (AvgIpc) is 3.79. The first-order valence-corrected chi connectivity index (χ1v) is 28.0. The topological polar surface area (TPSA) is 30.9 Å². The molecule has 1 heterocycles. The highest BCUT2D eigenvalue weighted by Gasteiger charge is 2.59. The van der Waals surface area contributed by atoms with Gasteiger partial charge in [-0.1, -0.05) is 149 Å². The molecule has 0 amide bonds. The van der Waals surface area contributed by atoms with Crippen LogP contribution in [0.4, 0.5) is 0 Å². The Labute approximate surface area is 392 Å². The summed E-state index contributed by atoms with van der Waals surface area (Å²) in [5, 5.41) is 0. The van der Waals surface area contributed by atoms with Crippen LogP contribution in [0.3, 0.4) is 0 Å². The second-order valence-corrected chi connectivity index (χ2v) is 23.9. The molecular weight excluding hydrogens is 771 g/mol. The number of nitrogens with zero attached hydrogens (tertiary/aromatic N) is 1. The monoisotopic (exact) mass is 876 g/mol. The van der Waals surface area contributed by atoms with E-state index in [2.05, 4.69) is 90.7 Å². The van der Waals surface area contributed by atoms with Gasteiger partial charge in [0.25, 0.3) is 0 Å². The summed E-state index contributed by atoms with van der Waals surface area (Å²) in [6, 6.07) is 0. The Morgan fingerprint density at radius 3 is 2.17 bits per heavy atom. The fourth-order valence-corrected chi connectivity index (χ4v) is 13.9. The fourth-order valence-electron chi connectivity index (χ4n) is 13.9. The maximum absolute atomic E-state index is 6.65. The Kier molecular flexibility index (Phi) is 23.4. The standard InChI is InChI=1S/C59H105NO3/c1-9-10-11-12-13-14-15-16-17-18-19-20-21-22-23-25-41-61-46-52(45-60-40-39-57(5,6)47-60)63-43-27-24-26-42-62-51-35-37-58(7)50(44-51)31-32-53-55-34-33-54(49(4)30-28-29-48(2)3)59(55,8)38-36-56(53)58/h13-14,16-17,31,48-49,51-56H,9-12,15,18-30,32-47H2,1-8H3/b14-13-,17-16-/t49-,51+,52?,53+,54-,55+,56+,58+,59-/m1/s1. The van der Waals surface area contributed by atoms with Crippen molar-refractivity contribution in [1.82, 2.24) is 4.90 Å². The molecule has 4 heteroatoms. The molecule has 5 aliphatic rings. The normalized spacial score (nSPS) is 30.6. The van der Waals surface area contributed by atoms with E-state index < -0.39 is 0 Å². The minimum absolute atomic E-state index is 0.177. The van der Waals surface area contributed by atoms with Crippen molar-refractivity contribution in [2.75, 3.05) is 46.1 Å². The smallest absolute Gasteiger partial charge is 0.0934 e. The maximum Gasteiger partial charge on any atom is 0.0934 e. The molecule has 0 aromatic heterocycles. The van der Waals surface area contributed by atoms with E-state index in [1.807, 2.05) is 0 Å². The molecule has 4 nitrogen and oxygen atoms in total. The van der Waals surface area contributed by atoms with Crippen molar-refractivity contribution in [2.24, 2.45) is 51.8 Å². The lowest BCUT2D eigenvalue weighted by molar-refractivity contribution is -0.0643. The molecular formula is C59H105NO3. The highest BCUT2D eigenvalue weighted by atomic mass is 16.5. The fraction of sp³-hybridized carbons (Fsp3) is 0.898. The summed E-state index contributed by atoms with van der Waals surface area (Å²) < 4.78 is 19.5. The molecule has 0 aromatic rings. The molecule has 364 valence electrons. The second-order valence-electron chi connectivity index (χ2n) is 23.9. The molecule has 1 aliphatic heterocycles. The van der Waals surface area contributed by atoms with E-state index in [9.17, 15) is 0 Å². The Morgan fingerprint density at radius 1 is 0.714 bits per heavy atom. The van der Waals surface area contributed by atoms with Gasteiger partial charge < -0.3 is 19.1 Å². The first kappa shape index (κ1) is 53.0. The number of likely N-dealkylation sites (tertiary alicyclic amines) is 1. The van der Waals surface area contributed by atoms with E-state index in [1.54, 1.807) is 5.57 Å². The number of ether oxygens (including phenoxy) is 3. The third-order valence-electron chi connectivity index (χ3n) is 17.8. The van der Waals surface area contributed by atoms with Crippen LogP contribution in [-0.4, -0.2) is 63.2 Å². The zero-order valence-corrected chi connectivity index (χ0v) is 43.2. The van der Waals surface area contributed by atoms with Crippen LogP contribution >= 0.6 is 0 Å². The van der Waals surface area contributed by atoms with Crippen molar-refractivity contribution < 1.29 is 14.2 Å². The van der Waals surface area contributed by atoms with Gasteiger partial charge in [0.15, 0.2) is 0 Å². The molecule has 3 saturated carbocycles. The second kappa shape index (κ2) is 27.8. The van der Waals surface area contributed by atoms with Crippen molar-refractivity contribution in [2.45, 2.75) is 241 Å². The first-order chi connectivity index (χ1) is 30.4. The van der Waals surface area contributed by atoms with Crippen LogP contribution < -0.4 is 0 Å². The first-order valence-electron chi connectivity index (χ1n) is 28.0. The predicted molar refractivity (Wildman–Crippen MR) is 271 cm³/mol. The zero-order chi connectivity index (χ0) is 45.0. The lowest BCUT2D eigenvalue weighted by atomic mass is 9.47. The minimum Gasteiger partial charge on any atom is -0.379 e. The number of unbranched alkanes of at least 4 members (excludes halogenated alkanes) is 11. The quantitative estimate of drug-likeness (QED) is 0.0498. The van der Waals surface area contributed by atoms with Gasteiger partial charge in [-0.05, 0) is 174 Å². The average molecular weight is 876 g/mol. The van der Waals surface area contributed by atoms with Crippen molar-refractivity contribution in [1.29, 1.82) is 0 Å². The van der Waals surface area contributed by atoms with E-state index in [1.165, 1.54) is 167 Å². The van der Waals surface area contributed by atoms with Gasteiger partial charge in [0.05, 0.1) is 18.8 Å². The predicted octanol–water partition coefficient (Wildman–Crippen LogP) is 16.5. The van der Waals surface area contributed by atoms with Crippen LogP contribution in [0.1, 0.15) is 229 Å². The Morgan fingerprint density at radius 2 is 1.43 bits per heavy atom. The van der Waals surface area contributed by atoms with Crippen molar-refractivity contribution >= 4 is 0 Å². The van der Waals surface area contributed by atoms with Gasteiger partial charge >= 0.3 is 0 Å².